The molecule has 2 aromatic rings. The lowest BCUT2D eigenvalue weighted by Crippen LogP contribution is -2.35. The first-order valence-corrected chi connectivity index (χ1v) is 8.99. The molecule has 7 nitrogen and oxygen atoms in total. The number of ether oxygens (including phenoxy) is 1. The number of carbonyl (C=O) groups is 1. The van der Waals surface area contributed by atoms with Crippen LogP contribution in [-0.4, -0.2) is 46.6 Å². The largest absolute Gasteiger partial charge is 0.486 e. The van der Waals surface area contributed by atoms with Gasteiger partial charge in [-0.15, -0.1) is 17.5 Å². The highest BCUT2D eigenvalue weighted by Crippen LogP contribution is 2.18. The molecule has 1 aromatic carbocycles. The number of benzene rings is 1. The molecule has 1 fully saturated rings. The van der Waals surface area contributed by atoms with Crippen LogP contribution < -0.4 is 15.4 Å². The van der Waals surface area contributed by atoms with Crippen molar-refractivity contribution in [2.24, 2.45) is 0 Å². The van der Waals surface area contributed by atoms with E-state index in [2.05, 4.69) is 20.9 Å². The Morgan fingerprint density at radius 3 is 2.85 bits per heavy atom. The fraction of sp³-hybridized carbons (Fsp3) is 0.500. The second-order valence-corrected chi connectivity index (χ2v) is 6.35. The van der Waals surface area contributed by atoms with Crippen molar-refractivity contribution in [1.82, 2.24) is 25.6 Å². The second-order valence-electron chi connectivity index (χ2n) is 6.35. The molecule has 1 atom stereocenters. The summed E-state index contributed by atoms with van der Waals surface area (Å²) < 4.78 is 21.1. The number of para-hydroxylation sites is 1. The summed E-state index contributed by atoms with van der Waals surface area (Å²) >= 11 is 0. The number of rotatable bonds is 7. The number of nitrogens with zero attached hydrogens (tertiary/aromatic N) is 3. The lowest BCUT2D eigenvalue weighted by molar-refractivity contribution is 0.0919. The van der Waals surface area contributed by atoms with E-state index < -0.39 is 5.82 Å². The molecule has 1 aliphatic heterocycles. The summed E-state index contributed by atoms with van der Waals surface area (Å²) in [6.45, 7) is 4.07. The summed E-state index contributed by atoms with van der Waals surface area (Å²) in [6, 6.07) is 6.52. The van der Waals surface area contributed by atoms with Crippen molar-refractivity contribution >= 4 is 18.3 Å². The maximum atomic E-state index is 13.7. The van der Waals surface area contributed by atoms with Gasteiger partial charge in [0.05, 0.1) is 18.8 Å². The number of piperidine rings is 1. The van der Waals surface area contributed by atoms with Crippen molar-refractivity contribution in [3.8, 4) is 5.75 Å². The molecule has 1 saturated heterocycles. The van der Waals surface area contributed by atoms with E-state index in [1.54, 1.807) is 29.1 Å². The molecular weight excluding hydrogens is 373 g/mol. The van der Waals surface area contributed by atoms with Crippen LogP contribution in [0.2, 0.25) is 0 Å². The number of amides is 1. The van der Waals surface area contributed by atoms with Crippen LogP contribution in [0.5, 0.6) is 5.75 Å². The molecule has 1 aromatic heterocycles. The van der Waals surface area contributed by atoms with Gasteiger partial charge in [0.2, 0.25) is 0 Å². The van der Waals surface area contributed by atoms with Crippen LogP contribution in [-0.2, 0) is 0 Å². The minimum absolute atomic E-state index is 0. The van der Waals surface area contributed by atoms with E-state index in [0.717, 1.165) is 25.9 Å². The van der Waals surface area contributed by atoms with Gasteiger partial charge in [-0.1, -0.05) is 24.3 Å². The highest BCUT2D eigenvalue weighted by atomic mass is 35.5. The number of carbonyl (C=O) groups excluding carboxylic acids is 1. The van der Waals surface area contributed by atoms with E-state index in [0.29, 0.717) is 6.42 Å². The topological polar surface area (TPSA) is 81.1 Å². The Morgan fingerprint density at radius 2 is 2.15 bits per heavy atom. The maximum Gasteiger partial charge on any atom is 0.273 e. The third-order valence-corrected chi connectivity index (χ3v) is 4.50. The number of halogens is 2. The molecule has 3 rings (SSSR count). The second kappa shape index (κ2) is 10.2. The average molecular weight is 398 g/mol. The van der Waals surface area contributed by atoms with Crippen molar-refractivity contribution in [3.63, 3.8) is 0 Å². The van der Waals surface area contributed by atoms with Gasteiger partial charge < -0.3 is 15.4 Å². The van der Waals surface area contributed by atoms with Crippen molar-refractivity contribution in [3.05, 3.63) is 42.0 Å². The summed E-state index contributed by atoms with van der Waals surface area (Å²) in [5.41, 5.74) is 0.282. The van der Waals surface area contributed by atoms with Gasteiger partial charge in [0.1, 0.15) is 6.10 Å². The van der Waals surface area contributed by atoms with E-state index in [4.69, 9.17) is 4.74 Å². The van der Waals surface area contributed by atoms with Crippen molar-refractivity contribution in [2.75, 3.05) is 19.6 Å². The molecule has 0 saturated carbocycles. The van der Waals surface area contributed by atoms with Gasteiger partial charge in [0.25, 0.3) is 5.91 Å². The van der Waals surface area contributed by atoms with Crippen LogP contribution in [0.3, 0.4) is 0 Å². The number of hydrogen-bond donors (Lipinski definition) is 2. The first-order valence-electron chi connectivity index (χ1n) is 8.99. The quantitative estimate of drug-likeness (QED) is 0.749. The zero-order valence-electron chi connectivity index (χ0n) is 15.2. The number of aromatic nitrogens is 3. The summed E-state index contributed by atoms with van der Waals surface area (Å²) in [7, 11) is 0. The molecule has 0 spiro atoms. The smallest absolute Gasteiger partial charge is 0.273 e. The summed E-state index contributed by atoms with van der Waals surface area (Å²) in [5, 5.41) is 14.1. The molecule has 0 bridgehead atoms. The van der Waals surface area contributed by atoms with Crippen LogP contribution in [0.4, 0.5) is 4.39 Å². The Hall–Kier alpha value is -2.19. The first-order chi connectivity index (χ1) is 12.7. The number of hydrogen-bond acceptors (Lipinski definition) is 5. The van der Waals surface area contributed by atoms with Crippen molar-refractivity contribution < 1.29 is 13.9 Å². The Morgan fingerprint density at radius 1 is 1.41 bits per heavy atom. The van der Waals surface area contributed by atoms with Gasteiger partial charge in [-0.2, -0.15) is 0 Å². The molecule has 1 unspecified atom stereocenters. The minimum atomic E-state index is -0.415. The van der Waals surface area contributed by atoms with E-state index in [-0.39, 0.29) is 48.4 Å². The molecule has 0 radical (unpaired) electrons. The van der Waals surface area contributed by atoms with Crippen LogP contribution in [0.1, 0.15) is 42.7 Å². The van der Waals surface area contributed by atoms with Crippen molar-refractivity contribution in [2.45, 2.75) is 38.3 Å². The van der Waals surface area contributed by atoms with E-state index in [1.165, 1.54) is 6.07 Å². The fourth-order valence-corrected chi connectivity index (χ4v) is 2.92. The zero-order chi connectivity index (χ0) is 18.4. The van der Waals surface area contributed by atoms with Gasteiger partial charge in [-0.25, -0.2) is 9.07 Å². The molecule has 1 aliphatic rings. The van der Waals surface area contributed by atoms with Gasteiger partial charge >= 0.3 is 0 Å². The fourth-order valence-electron chi connectivity index (χ4n) is 2.92. The predicted molar refractivity (Wildman–Crippen MR) is 102 cm³/mol. The van der Waals surface area contributed by atoms with Crippen LogP contribution >= 0.6 is 12.4 Å². The van der Waals surface area contributed by atoms with Crippen LogP contribution in [0.25, 0.3) is 0 Å². The monoisotopic (exact) mass is 397 g/mol. The Balaban J connectivity index is 0.00000261. The molecule has 9 heteroatoms. The molecule has 2 N–H and O–H groups in total. The lowest BCUT2D eigenvalue weighted by Gasteiger charge is -2.22. The molecule has 148 valence electrons. The number of nitrogens with one attached hydrogen (secondary N) is 2. The van der Waals surface area contributed by atoms with E-state index in [9.17, 15) is 9.18 Å². The minimum Gasteiger partial charge on any atom is -0.486 e. The van der Waals surface area contributed by atoms with Crippen molar-refractivity contribution in [1.29, 1.82) is 0 Å². The Kier molecular flexibility index (Phi) is 7.99. The normalized spacial score (nSPS) is 15.6. The first kappa shape index (κ1) is 21.1. The summed E-state index contributed by atoms with van der Waals surface area (Å²) in [6.07, 6.45) is 3.94. The van der Waals surface area contributed by atoms with Gasteiger partial charge in [0.15, 0.2) is 17.3 Å². The maximum absolute atomic E-state index is 13.7. The zero-order valence-corrected chi connectivity index (χ0v) is 16.0. The van der Waals surface area contributed by atoms with E-state index >= 15 is 0 Å². The predicted octanol–water partition coefficient (Wildman–Crippen LogP) is 2.35. The molecule has 2 heterocycles. The third-order valence-electron chi connectivity index (χ3n) is 4.50. The SMILES string of the molecule is CCC(CNC(=O)c1cn(C2CCNCC2)nn1)Oc1ccccc1F.Cl. The summed E-state index contributed by atoms with van der Waals surface area (Å²) in [5.74, 6) is -0.534. The lowest BCUT2D eigenvalue weighted by atomic mass is 10.1. The Labute approximate surface area is 164 Å². The van der Waals surface area contributed by atoms with E-state index in [1.807, 2.05) is 6.92 Å². The highest BCUT2D eigenvalue weighted by molar-refractivity contribution is 5.91. The summed E-state index contributed by atoms with van der Waals surface area (Å²) in [4.78, 5) is 12.3. The van der Waals surface area contributed by atoms with Gasteiger partial charge in [0, 0.05) is 0 Å². The standard InChI is InChI=1S/C18H24FN5O2.ClH/c1-2-14(26-17-6-4-3-5-15(17)19)11-21-18(25)16-12-24(23-22-16)13-7-9-20-10-8-13;/h3-6,12-14,20H,2,7-11H2,1H3,(H,21,25);1H. The van der Waals surface area contributed by atoms with Gasteiger partial charge in [-0.05, 0) is 44.5 Å². The Bertz CT molecular complexity index is 736. The highest BCUT2D eigenvalue weighted by Gasteiger charge is 2.19. The van der Waals surface area contributed by atoms with Crippen LogP contribution in [0, 0.1) is 5.82 Å². The molecule has 1 amide bonds. The third kappa shape index (κ3) is 5.64. The molecule has 27 heavy (non-hydrogen) atoms. The average Bonchev–Trinajstić information content (AvgIpc) is 3.17. The molecule has 0 aliphatic carbocycles. The van der Waals surface area contributed by atoms with Crippen LogP contribution in [0.15, 0.2) is 30.5 Å². The van der Waals surface area contributed by atoms with Gasteiger partial charge in [-0.3, -0.25) is 4.79 Å². The molecular formula is C18H25ClFN5O2.